The van der Waals surface area contributed by atoms with Crippen LogP contribution >= 0.6 is 12.2 Å². The van der Waals surface area contributed by atoms with Crippen molar-refractivity contribution in [2.24, 2.45) is 11.8 Å². The quantitative estimate of drug-likeness (QED) is 0.450. The Morgan fingerprint density at radius 1 is 1.24 bits per heavy atom. The topological polar surface area (TPSA) is 49.9 Å². The number of carbonyl (C=O) groups is 2. The first-order valence-electron chi connectivity index (χ1n) is 5.77. The van der Waals surface area contributed by atoms with Gasteiger partial charge < -0.3 is 9.64 Å². The Morgan fingerprint density at radius 2 is 1.71 bits per heavy atom. The number of likely N-dealkylation sites (tertiary alicyclic amines) is 1. The number of imide groups is 1. The van der Waals surface area contributed by atoms with Gasteiger partial charge in [0.1, 0.15) is 0 Å². The van der Waals surface area contributed by atoms with Crippen molar-refractivity contribution < 1.29 is 14.3 Å². The van der Waals surface area contributed by atoms with Crippen LogP contribution in [0.3, 0.4) is 0 Å². The number of thiocarbonyl (C=S) groups is 1. The zero-order valence-corrected chi connectivity index (χ0v) is 10.6. The fraction of sp³-hybridized carbons (Fsp3) is 0.727. The Morgan fingerprint density at radius 3 is 2.12 bits per heavy atom. The number of ether oxygens (including phenoxy) is 1. The van der Waals surface area contributed by atoms with Crippen LogP contribution in [0.5, 0.6) is 0 Å². The van der Waals surface area contributed by atoms with Crippen LogP contribution in [-0.2, 0) is 14.3 Å². The van der Waals surface area contributed by atoms with Gasteiger partial charge in [0.25, 0.3) is 0 Å². The van der Waals surface area contributed by atoms with Crippen LogP contribution in [0, 0.1) is 11.8 Å². The number of hydrogen-bond acceptors (Lipinski definition) is 4. The number of hydrogen-bond donors (Lipinski definition) is 0. The van der Waals surface area contributed by atoms with E-state index in [1.54, 1.807) is 19.0 Å². The third-order valence-corrected chi connectivity index (χ3v) is 4.41. The Hall–Kier alpha value is -1.01. The van der Waals surface area contributed by atoms with Gasteiger partial charge in [-0.1, -0.05) is 0 Å². The first-order chi connectivity index (χ1) is 8.02. The van der Waals surface area contributed by atoms with E-state index in [9.17, 15) is 9.59 Å². The molecule has 4 atom stereocenters. The molecule has 5 nitrogen and oxygen atoms in total. The SMILES string of the molecule is CN(C)C(=S)N1C(=O)[C@@H]2[C@@H](C1=O)[C@H]1CC[C@@H]2O1. The zero-order valence-electron chi connectivity index (χ0n) is 9.75. The van der Waals surface area contributed by atoms with Crippen molar-refractivity contribution in [1.29, 1.82) is 0 Å². The lowest BCUT2D eigenvalue weighted by Crippen LogP contribution is -2.44. The molecule has 3 saturated heterocycles. The molecule has 3 rings (SSSR count). The van der Waals surface area contributed by atoms with E-state index < -0.39 is 0 Å². The molecule has 2 bridgehead atoms. The Kier molecular flexibility index (Phi) is 2.28. The summed E-state index contributed by atoms with van der Waals surface area (Å²) in [5.41, 5.74) is 0. The molecule has 0 aromatic carbocycles. The molecule has 0 unspecified atom stereocenters. The van der Waals surface area contributed by atoms with Crippen LogP contribution in [0.15, 0.2) is 0 Å². The fourth-order valence-electron chi connectivity index (χ4n) is 3.10. The van der Waals surface area contributed by atoms with Gasteiger partial charge in [0, 0.05) is 14.1 Å². The van der Waals surface area contributed by atoms with Crippen molar-refractivity contribution in [3.8, 4) is 0 Å². The highest BCUT2D eigenvalue weighted by atomic mass is 32.1. The summed E-state index contributed by atoms with van der Waals surface area (Å²) in [6, 6.07) is 0. The number of amides is 2. The van der Waals surface area contributed by atoms with Crippen LogP contribution in [-0.4, -0.2) is 53.0 Å². The smallest absolute Gasteiger partial charge is 0.242 e. The van der Waals surface area contributed by atoms with Crippen molar-refractivity contribution in [3.05, 3.63) is 0 Å². The summed E-state index contributed by atoms with van der Waals surface area (Å²) in [6.45, 7) is 0. The lowest BCUT2D eigenvalue weighted by Gasteiger charge is -2.23. The lowest BCUT2D eigenvalue weighted by atomic mass is 9.81. The normalized spacial score (nSPS) is 38.8. The highest BCUT2D eigenvalue weighted by Crippen LogP contribution is 2.48. The number of nitrogens with zero attached hydrogens (tertiary/aromatic N) is 2. The average molecular weight is 254 g/mol. The summed E-state index contributed by atoms with van der Waals surface area (Å²) in [5.74, 6) is -0.935. The van der Waals surface area contributed by atoms with E-state index in [0.29, 0.717) is 0 Å². The van der Waals surface area contributed by atoms with Gasteiger partial charge in [-0.15, -0.1) is 0 Å². The second kappa shape index (κ2) is 3.49. The van der Waals surface area contributed by atoms with Gasteiger partial charge >= 0.3 is 0 Å². The molecule has 3 aliphatic heterocycles. The van der Waals surface area contributed by atoms with E-state index in [1.807, 2.05) is 0 Å². The molecular weight excluding hydrogens is 240 g/mol. The maximum absolute atomic E-state index is 12.2. The van der Waals surface area contributed by atoms with Crippen molar-refractivity contribution in [2.45, 2.75) is 25.0 Å². The minimum Gasteiger partial charge on any atom is -0.373 e. The average Bonchev–Trinajstić information content (AvgIpc) is 2.92. The predicted octanol–water partition coefficient (Wildman–Crippen LogP) is -0.00470. The van der Waals surface area contributed by atoms with Crippen LogP contribution in [0.25, 0.3) is 0 Å². The minimum atomic E-state index is -0.292. The van der Waals surface area contributed by atoms with E-state index in [-0.39, 0.29) is 41.0 Å². The van der Waals surface area contributed by atoms with Crippen LogP contribution < -0.4 is 0 Å². The fourth-order valence-corrected chi connectivity index (χ4v) is 3.28. The Balaban J connectivity index is 1.93. The first kappa shape index (κ1) is 11.1. The van der Waals surface area contributed by atoms with E-state index in [1.165, 1.54) is 4.90 Å². The maximum atomic E-state index is 12.2. The predicted molar refractivity (Wildman–Crippen MR) is 63.0 cm³/mol. The summed E-state index contributed by atoms with van der Waals surface area (Å²) < 4.78 is 5.64. The molecule has 3 heterocycles. The summed E-state index contributed by atoms with van der Waals surface area (Å²) in [7, 11) is 3.48. The van der Waals surface area contributed by atoms with Gasteiger partial charge in [0.2, 0.25) is 11.8 Å². The molecule has 0 radical (unpaired) electrons. The molecular formula is C11H14N2O3S. The molecule has 3 aliphatic rings. The largest absolute Gasteiger partial charge is 0.373 e. The van der Waals surface area contributed by atoms with E-state index in [2.05, 4.69) is 0 Å². The molecule has 0 spiro atoms. The van der Waals surface area contributed by atoms with Crippen molar-refractivity contribution in [1.82, 2.24) is 9.80 Å². The van der Waals surface area contributed by atoms with Crippen LogP contribution in [0.4, 0.5) is 0 Å². The molecule has 6 heteroatoms. The highest BCUT2D eigenvalue weighted by Gasteiger charge is 2.63. The zero-order chi connectivity index (χ0) is 12.3. The highest BCUT2D eigenvalue weighted by molar-refractivity contribution is 7.80. The molecule has 0 saturated carbocycles. The van der Waals surface area contributed by atoms with Gasteiger partial charge in [-0.05, 0) is 25.1 Å². The molecule has 3 fully saturated rings. The molecule has 0 aromatic heterocycles. The lowest BCUT2D eigenvalue weighted by molar-refractivity contribution is -0.137. The third kappa shape index (κ3) is 1.31. The van der Waals surface area contributed by atoms with Gasteiger partial charge in [-0.2, -0.15) is 0 Å². The monoisotopic (exact) mass is 254 g/mol. The van der Waals surface area contributed by atoms with Crippen molar-refractivity contribution in [2.75, 3.05) is 14.1 Å². The second-order valence-electron chi connectivity index (χ2n) is 5.03. The number of fused-ring (bicyclic) bond motifs is 5. The summed E-state index contributed by atoms with van der Waals surface area (Å²) in [6.07, 6.45) is 1.62. The van der Waals surface area contributed by atoms with Crippen LogP contribution in [0.2, 0.25) is 0 Å². The molecule has 0 aliphatic carbocycles. The second-order valence-corrected chi connectivity index (χ2v) is 5.40. The third-order valence-electron chi connectivity index (χ3n) is 3.86. The maximum Gasteiger partial charge on any atom is 0.242 e. The number of rotatable bonds is 0. The molecule has 0 aromatic rings. The number of carbonyl (C=O) groups excluding carboxylic acids is 2. The van der Waals surface area contributed by atoms with E-state index >= 15 is 0 Å². The van der Waals surface area contributed by atoms with Gasteiger partial charge in [0.05, 0.1) is 24.0 Å². The summed E-state index contributed by atoms with van der Waals surface area (Å²) in [4.78, 5) is 27.3. The summed E-state index contributed by atoms with van der Waals surface area (Å²) in [5, 5.41) is 0.286. The molecule has 92 valence electrons. The standard InChI is InChI=1S/C11H14N2O3S/c1-12(2)11(17)13-9(14)7-5-3-4-6(16-5)8(7)10(13)15/h5-8H,3-4H2,1-2H3/t5-,6+,7-,8-/m0/s1. The Bertz CT molecular complexity index is 395. The van der Waals surface area contributed by atoms with Crippen molar-refractivity contribution in [3.63, 3.8) is 0 Å². The van der Waals surface area contributed by atoms with Crippen LogP contribution in [0.1, 0.15) is 12.8 Å². The van der Waals surface area contributed by atoms with E-state index in [0.717, 1.165) is 12.8 Å². The molecule has 17 heavy (non-hydrogen) atoms. The summed E-state index contributed by atoms with van der Waals surface area (Å²) >= 11 is 5.14. The van der Waals surface area contributed by atoms with Gasteiger partial charge in [-0.3, -0.25) is 9.59 Å². The minimum absolute atomic E-state index is 0.0728. The molecule has 2 amide bonds. The van der Waals surface area contributed by atoms with Gasteiger partial charge in [-0.25, -0.2) is 4.90 Å². The Labute approximate surface area is 105 Å². The first-order valence-corrected chi connectivity index (χ1v) is 6.17. The van der Waals surface area contributed by atoms with E-state index in [4.69, 9.17) is 17.0 Å². The van der Waals surface area contributed by atoms with Gasteiger partial charge in [0.15, 0.2) is 5.11 Å². The molecule has 0 N–H and O–H groups in total. The van der Waals surface area contributed by atoms with Crippen molar-refractivity contribution >= 4 is 29.1 Å².